The molecular weight excluding hydrogens is 517 g/mol. The fourth-order valence-corrected chi connectivity index (χ4v) is 5.76. The maximum Gasteiger partial charge on any atom is 0.238 e. The number of hydrogen-bond donors (Lipinski definition) is 1. The minimum absolute atomic E-state index is 0.135. The summed E-state index contributed by atoms with van der Waals surface area (Å²) in [5.74, 6) is 7.36. The molecule has 3 aromatic rings. The van der Waals surface area contributed by atoms with Crippen molar-refractivity contribution in [2.45, 2.75) is 18.1 Å². The maximum absolute atomic E-state index is 12.0. The predicted octanol–water partition coefficient (Wildman–Crippen LogP) is 3.94. The molecule has 3 rings (SSSR count). The summed E-state index contributed by atoms with van der Waals surface area (Å²) in [6, 6.07) is 17.5. The van der Waals surface area contributed by atoms with Crippen molar-refractivity contribution >= 4 is 36.2 Å². The molecule has 2 unspecified atom stereocenters. The molecule has 0 saturated carbocycles. The predicted molar refractivity (Wildman–Crippen MR) is 154 cm³/mol. The third-order valence-corrected chi connectivity index (χ3v) is 9.27. The van der Waals surface area contributed by atoms with E-state index in [2.05, 4.69) is 16.9 Å². The van der Waals surface area contributed by atoms with Gasteiger partial charge in [-0.2, -0.15) is 5.10 Å². The van der Waals surface area contributed by atoms with Crippen LogP contribution in [0, 0.1) is 11.8 Å². The van der Waals surface area contributed by atoms with Crippen LogP contribution in [0.15, 0.2) is 78.8 Å². The van der Waals surface area contributed by atoms with E-state index in [4.69, 9.17) is 5.73 Å². The Morgan fingerprint density at radius 2 is 1.68 bits per heavy atom. The van der Waals surface area contributed by atoms with Gasteiger partial charge in [-0.3, -0.25) is 14.3 Å². The minimum Gasteiger partial charge on any atom is -0.368 e. The number of rotatable bonds is 10. The Balaban J connectivity index is 1.63. The molecule has 0 bridgehead atoms. The summed E-state index contributed by atoms with van der Waals surface area (Å²) in [4.78, 5) is 22.9. The van der Waals surface area contributed by atoms with Crippen LogP contribution in [0.5, 0.6) is 0 Å². The molecule has 196 valence electrons. The van der Waals surface area contributed by atoms with E-state index in [1.807, 2.05) is 78.2 Å². The lowest BCUT2D eigenvalue weighted by Crippen LogP contribution is -2.47. The molecule has 38 heavy (non-hydrogen) atoms. The van der Waals surface area contributed by atoms with Gasteiger partial charge >= 0.3 is 0 Å². The Morgan fingerprint density at radius 3 is 2.18 bits per heavy atom. The third-order valence-electron chi connectivity index (χ3n) is 6.29. The van der Waals surface area contributed by atoms with Crippen LogP contribution in [-0.2, 0) is 26.5 Å². The molecule has 0 spiro atoms. The molecule has 2 atom stereocenters. The summed E-state index contributed by atoms with van der Waals surface area (Å²) in [5.41, 5.74) is 10.7. The van der Waals surface area contributed by atoms with Crippen LogP contribution >= 0.6 is 8.58 Å². The molecule has 0 aliphatic heterocycles. The first-order valence-corrected chi connectivity index (χ1v) is 15.0. The number of amides is 1. The summed E-state index contributed by atoms with van der Waals surface area (Å²) in [5, 5.41) is 4.20. The van der Waals surface area contributed by atoms with Crippen molar-refractivity contribution in [1.29, 1.82) is 0 Å². The van der Waals surface area contributed by atoms with Crippen LogP contribution in [-0.4, -0.2) is 47.6 Å². The Labute approximate surface area is 225 Å². The molecule has 0 saturated heterocycles. The van der Waals surface area contributed by atoms with Crippen LogP contribution in [0.3, 0.4) is 0 Å². The highest BCUT2D eigenvalue weighted by atomic mass is 32.2. The van der Waals surface area contributed by atoms with Gasteiger partial charge in [0.1, 0.15) is 11.0 Å². The van der Waals surface area contributed by atoms with Gasteiger partial charge in [-0.25, -0.2) is 8.42 Å². The number of carbonyl (C=O) groups excluding carboxylic acids is 2. The maximum atomic E-state index is 12.0. The van der Waals surface area contributed by atoms with Gasteiger partial charge in [-0.05, 0) is 72.6 Å². The number of sulfone groups is 1. The van der Waals surface area contributed by atoms with Crippen LogP contribution in [0.2, 0.25) is 0 Å². The summed E-state index contributed by atoms with van der Waals surface area (Å²) in [6.07, 6.45) is 7.41. The van der Waals surface area contributed by atoms with Crippen molar-refractivity contribution in [2.75, 3.05) is 12.4 Å². The number of primary amides is 1. The summed E-state index contributed by atoms with van der Waals surface area (Å²) in [7, 11) is -1.47. The monoisotopic (exact) mass is 547 g/mol. The Bertz CT molecular complexity index is 1530. The number of nitrogens with two attached hydrogens (primary N) is 1. The Hall–Kier alpha value is -3.79. The Kier molecular flexibility index (Phi) is 9.57. The van der Waals surface area contributed by atoms with Crippen molar-refractivity contribution in [3.63, 3.8) is 0 Å². The normalized spacial score (nSPS) is 13.8. The van der Waals surface area contributed by atoms with E-state index in [1.54, 1.807) is 6.20 Å². The third kappa shape index (κ3) is 7.16. The van der Waals surface area contributed by atoms with E-state index in [9.17, 15) is 18.0 Å². The number of benzene rings is 2. The molecule has 0 radical (unpaired) electrons. The number of aromatic nitrogens is 2. The highest BCUT2D eigenvalue weighted by Gasteiger charge is 2.41. The number of aldehydes is 1. The molecule has 0 fully saturated rings. The van der Waals surface area contributed by atoms with Gasteiger partial charge in [0.05, 0.1) is 5.69 Å². The van der Waals surface area contributed by atoms with E-state index >= 15 is 0 Å². The van der Waals surface area contributed by atoms with Gasteiger partial charge in [0.25, 0.3) is 0 Å². The quantitative estimate of drug-likeness (QED) is 0.103. The highest BCUT2D eigenvalue weighted by Crippen LogP contribution is 2.27. The van der Waals surface area contributed by atoms with Crippen LogP contribution in [0.25, 0.3) is 16.8 Å². The fourth-order valence-electron chi connectivity index (χ4n) is 3.63. The van der Waals surface area contributed by atoms with Gasteiger partial charge in [-0.1, -0.05) is 56.6 Å². The zero-order valence-electron chi connectivity index (χ0n) is 21.5. The second kappa shape index (κ2) is 12.6. The van der Waals surface area contributed by atoms with Crippen LogP contribution in [0.1, 0.15) is 30.0 Å². The fraction of sp³-hybridized carbons (Fsp3) is 0.207. The summed E-state index contributed by atoms with van der Waals surface area (Å²) < 4.78 is 24.2. The average molecular weight is 548 g/mol. The molecule has 1 heterocycles. The van der Waals surface area contributed by atoms with Gasteiger partial charge in [-0.15, -0.1) is 0 Å². The van der Waals surface area contributed by atoms with Crippen LogP contribution in [0.4, 0.5) is 0 Å². The van der Waals surface area contributed by atoms with Crippen molar-refractivity contribution in [2.24, 2.45) is 12.8 Å². The zero-order chi connectivity index (χ0) is 27.8. The average Bonchev–Trinajstić information content (AvgIpc) is 3.32. The van der Waals surface area contributed by atoms with E-state index in [-0.39, 0.29) is 15.0 Å². The van der Waals surface area contributed by atoms with E-state index < -0.39 is 20.5 Å². The topological polar surface area (TPSA) is 112 Å². The smallest absolute Gasteiger partial charge is 0.238 e. The summed E-state index contributed by atoms with van der Waals surface area (Å²) >= 11 is 0. The first-order chi connectivity index (χ1) is 18.0. The van der Waals surface area contributed by atoms with Crippen molar-refractivity contribution in [1.82, 2.24) is 9.78 Å². The van der Waals surface area contributed by atoms with Crippen molar-refractivity contribution < 1.29 is 18.0 Å². The molecule has 2 N–H and O–H groups in total. The van der Waals surface area contributed by atoms with E-state index in [0.717, 1.165) is 46.1 Å². The second-order valence-corrected chi connectivity index (χ2v) is 12.6. The lowest BCUT2D eigenvalue weighted by atomic mass is 10.0. The number of nitrogens with zero attached hydrogens (tertiary/aromatic N) is 2. The van der Waals surface area contributed by atoms with E-state index in [0.29, 0.717) is 6.16 Å². The SMILES string of the molecule is Cn1nccc1-c1ccc(C#Cc2ccc(C(/C=C\PCCC(C)(C(N)=O)S(C)(=O)=O)=C/C=O)cc2)cc1. The standard InChI is InChI=1S/C29H30N3O4PS/c1-29(28(30)34,38(3,35)36)17-21-37-20-16-25(15-19-33)24-10-6-22(7-11-24)4-5-23-8-12-26(13-9-23)27-14-18-31-32(27)2/h6-16,18-20,37H,17,21H2,1-3H3,(H2,30,34)/b20-16-,25-15+. The second-order valence-electron chi connectivity index (χ2n) is 8.91. The molecule has 9 heteroatoms. The summed E-state index contributed by atoms with van der Waals surface area (Å²) in [6.45, 7) is 1.36. The first-order valence-electron chi connectivity index (χ1n) is 11.8. The molecule has 0 aliphatic rings. The van der Waals surface area contributed by atoms with Crippen LogP contribution < -0.4 is 5.73 Å². The van der Waals surface area contributed by atoms with Gasteiger partial charge in [0.15, 0.2) is 9.84 Å². The zero-order valence-corrected chi connectivity index (χ0v) is 23.3. The lowest BCUT2D eigenvalue weighted by molar-refractivity contribution is -0.120. The molecule has 7 nitrogen and oxygen atoms in total. The van der Waals surface area contributed by atoms with Gasteiger partial charge in [0, 0.05) is 30.6 Å². The molecule has 1 aromatic heterocycles. The number of aryl methyl sites for hydroxylation is 1. The van der Waals surface area contributed by atoms with Gasteiger partial charge < -0.3 is 5.73 Å². The largest absolute Gasteiger partial charge is 0.368 e. The molecular formula is C29H30N3O4PS. The van der Waals surface area contributed by atoms with Crippen molar-refractivity contribution in [3.8, 4) is 23.1 Å². The lowest BCUT2D eigenvalue weighted by Gasteiger charge is -2.23. The highest BCUT2D eigenvalue weighted by molar-refractivity contribution is 7.92. The van der Waals surface area contributed by atoms with E-state index in [1.165, 1.54) is 13.0 Å². The number of carbonyl (C=O) groups is 2. The van der Waals surface area contributed by atoms with Gasteiger partial charge in [0.2, 0.25) is 5.91 Å². The number of allylic oxidation sites excluding steroid dienone is 3. The number of hydrogen-bond acceptors (Lipinski definition) is 5. The molecule has 0 aliphatic carbocycles. The molecule has 2 aromatic carbocycles. The Morgan fingerprint density at radius 1 is 1.08 bits per heavy atom. The minimum atomic E-state index is -3.62. The molecule has 1 amide bonds. The first kappa shape index (κ1) is 28.8. The van der Waals surface area contributed by atoms with Crippen molar-refractivity contribution in [3.05, 3.63) is 95.5 Å².